The fraction of sp³-hybridized carbons (Fsp3) is 0.280. The van der Waals surface area contributed by atoms with Crippen molar-refractivity contribution in [3.05, 3.63) is 78.1 Å². The summed E-state index contributed by atoms with van der Waals surface area (Å²) in [5.74, 6) is -4.57. The van der Waals surface area contributed by atoms with Crippen LogP contribution in [0.5, 0.6) is 11.5 Å². The van der Waals surface area contributed by atoms with E-state index in [0.29, 0.717) is 0 Å². The molecule has 1 aliphatic heterocycles. The van der Waals surface area contributed by atoms with Gasteiger partial charge in [-0.15, -0.1) is 0 Å². The highest BCUT2D eigenvalue weighted by Gasteiger charge is 2.44. The van der Waals surface area contributed by atoms with Crippen molar-refractivity contribution in [3.63, 3.8) is 0 Å². The fourth-order valence-corrected chi connectivity index (χ4v) is 3.43. The number of halogens is 10. The molecule has 1 N–H and O–H groups in total. The van der Waals surface area contributed by atoms with Gasteiger partial charge in [-0.25, -0.2) is 13.2 Å². The highest BCUT2D eigenvalue weighted by Crippen LogP contribution is 2.41. The number of rotatable bonds is 6. The van der Waals surface area contributed by atoms with Gasteiger partial charge in [0.25, 0.3) is 0 Å². The molecule has 0 fully saturated rings. The molecule has 0 spiro atoms. The molecule has 0 unspecified atom stereocenters. The Kier molecular flexibility index (Phi) is 9.20. The van der Waals surface area contributed by atoms with E-state index in [1.807, 2.05) is 0 Å². The van der Waals surface area contributed by atoms with Gasteiger partial charge >= 0.3 is 18.7 Å². The van der Waals surface area contributed by atoms with E-state index >= 15 is 0 Å². The minimum Gasteiger partial charge on any atom is -0.489 e. The van der Waals surface area contributed by atoms with E-state index in [4.69, 9.17) is 4.74 Å². The highest BCUT2D eigenvalue weighted by atomic mass is 19.4. The summed E-state index contributed by atoms with van der Waals surface area (Å²) in [4.78, 5) is 1.27. The topological polar surface area (TPSA) is 41.9 Å². The lowest BCUT2D eigenvalue weighted by molar-refractivity contribution is -0.253. The van der Waals surface area contributed by atoms with Crippen LogP contribution in [-0.4, -0.2) is 49.6 Å². The lowest BCUT2D eigenvalue weighted by Crippen LogP contribution is -2.44. The van der Waals surface area contributed by atoms with Gasteiger partial charge in [-0.1, -0.05) is 30.3 Å². The van der Waals surface area contributed by atoms with Crippen LogP contribution in [0.4, 0.5) is 49.6 Å². The second-order valence-corrected chi connectivity index (χ2v) is 8.04. The number of aliphatic hydroxyl groups excluding tert-OH is 1. The van der Waals surface area contributed by atoms with Crippen LogP contribution in [-0.2, 0) is 0 Å². The lowest BCUT2D eigenvalue weighted by Gasteiger charge is -2.34. The molecule has 1 heterocycles. The molecule has 1 aliphatic rings. The maximum atomic E-state index is 13.5. The third kappa shape index (κ3) is 7.46. The number of β-amino-alcohol motifs (C(OH)–C–C–N with tert-alkyl or cyclic N) is 1. The standard InChI is InChI=1S/C17H13F6NO2.C8H6F4O/c18-11-6-9(7-12(19)15(11)20)10-2-1-3-13-16(10)26-5-4-24(13)8-14(25)17(21,22)23;9-7(10)8(11,12)13-6-4-2-1-3-5-6/h1-3,6-7,14,25H,4-5,8H2;1-5,7H/t14-;/m0./s1. The molecule has 14 heteroatoms. The number of ether oxygens (including phenoxy) is 2. The number of fused-ring (bicyclic) bond motifs is 1. The average Bonchev–Trinajstić information content (AvgIpc) is 2.87. The molecule has 0 saturated carbocycles. The minimum atomic E-state index is -4.78. The molecule has 0 aliphatic carbocycles. The zero-order chi connectivity index (χ0) is 29.0. The number of hydrogen-bond donors (Lipinski definition) is 1. The third-order valence-corrected chi connectivity index (χ3v) is 5.26. The molecule has 3 aromatic rings. The van der Waals surface area contributed by atoms with E-state index in [-0.39, 0.29) is 41.5 Å². The summed E-state index contributed by atoms with van der Waals surface area (Å²) in [6.07, 6.45) is -15.6. The molecular weight excluding hydrogens is 552 g/mol. The molecule has 3 aromatic carbocycles. The van der Waals surface area contributed by atoms with Gasteiger partial charge in [0.1, 0.15) is 12.4 Å². The first-order valence-electron chi connectivity index (χ1n) is 11.0. The van der Waals surface area contributed by atoms with E-state index in [0.717, 1.165) is 12.1 Å². The van der Waals surface area contributed by atoms with Crippen LogP contribution in [0.25, 0.3) is 11.1 Å². The summed E-state index contributed by atoms with van der Waals surface area (Å²) in [5.41, 5.74) is 0.421. The van der Waals surface area contributed by atoms with Crippen molar-refractivity contribution in [1.82, 2.24) is 0 Å². The summed E-state index contributed by atoms with van der Waals surface area (Å²) in [6, 6.07) is 12.7. The maximum absolute atomic E-state index is 13.5. The van der Waals surface area contributed by atoms with Crippen LogP contribution in [0.1, 0.15) is 0 Å². The Morgan fingerprint density at radius 3 is 2.08 bits per heavy atom. The fourth-order valence-electron chi connectivity index (χ4n) is 3.43. The molecule has 0 amide bonds. The zero-order valence-corrected chi connectivity index (χ0v) is 19.5. The zero-order valence-electron chi connectivity index (χ0n) is 19.5. The minimum absolute atomic E-state index is 0.0146. The second kappa shape index (κ2) is 12.0. The molecule has 0 radical (unpaired) electrons. The number of para-hydroxylation sites is 2. The van der Waals surface area contributed by atoms with E-state index < -0.39 is 48.8 Å². The predicted octanol–water partition coefficient (Wildman–Crippen LogP) is 6.82. The van der Waals surface area contributed by atoms with Gasteiger partial charge in [0, 0.05) is 5.56 Å². The summed E-state index contributed by atoms with van der Waals surface area (Å²) >= 11 is 0. The van der Waals surface area contributed by atoms with Crippen LogP contribution in [0, 0.1) is 17.5 Å². The van der Waals surface area contributed by atoms with Crippen LogP contribution in [0.3, 0.4) is 0 Å². The van der Waals surface area contributed by atoms with E-state index in [1.165, 1.54) is 47.4 Å². The van der Waals surface area contributed by atoms with Crippen LogP contribution >= 0.6 is 0 Å². The summed E-state index contributed by atoms with van der Waals surface area (Å²) in [5, 5.41) is 9.30. The number of benzene rings is 3. The van der Waals surface area contributed by atoms with Crippen molar-refractivity contribution in [2.75, 3.05) is 24.6 Å². The molecule has 1 atom stereocenters. The van der Waals surface area contributed by atoms with Crippen molar-refractivity contribution in [2.24, 2.45) is 0 Å². The van der Waals surface area contributed by atoms with Crippen LogP contribution in [0.15, 0.2) is 60.7 Å². The molecule has 39 heavy (non-hydrogen) atoms. The quantitative estimate of drug-likeness (QED) is 0.261. The molecule has 0 aromatic heterocycles. The first-order valence-corrected chi connectivity index (χ1v) is 11.0. The van der Waals surface area contributed by atoms with Crippen LogP contribution < -0.4 is 14.4 Å². The first-order chi connectivity index (χ1) is 18.2. The van der Waals surface area contributed by atoms with Gasteiger partial charge in [0.2, 0.25) is 0 Å². The highest BCUT2D eigenvalue weighted by molar-refractivity contribution is 5.79. The molecule has 0 bridgehead atoms. The van der Waals surface area contributed by atoms with Gasteiger partial charge in [0.15, 0.2) is 29.3 Å². The van der Waals surface area contributed by atoms with Gasteiger partial charge in [-0.05, 0) is 35.9 Å². The smallest absolute Gasteiger partial charge is 0.461 e. The number of alkyl halides is 7. The van der Waals surface area contributed by atoms with Crippen molar-refractivity contribution in [2.45, 2.75) is 24.8 Å². The number of hydrogen-bond acceptors (Lipinski definition) is 4. The molecule has 4 rings (SSSR count). The molecule has 0 saturated heterocycles. The molecular formula is C25H19F10NO3. The number of anilines is 1. The third-order valence-electron chi connectivity index (χ3n) is 5.26. The summed E-state index contributed by atoms with van der Waals surface area (Å²) in [6.45, 7) is -0.605. The SMILES string of the molecule is FC(F)C(F)(F)Oc1ccccc1.O[C@@H](CN1CCOc2c(-c3cc(F)c(F)c(F)c3)cccc21)C(F)(F)F. The van der Waals surface area contributed by atoms with Crippen molar-refractivity contribution < 1.29 is 58.5 Å². The Bertz CT molecular complexity index is 1230. The molecule has 4 nitrogen and oxygen atoms in total. The Balaban J connectivity index is 0.000000272. The van der Waals surface area contributed by atoms with Crippen molar-refractivity contribution in [3.8, 4) is 22.6 Å². The largest absolute Gasteiger partial charge is 0.489 e. The van der Waals surface area contributed by atoms with Crippen LogP contribution in [0.2, 0.25) is 0 Å². The van der Waals surface area contributed by atoms with E-state index in [9.17, 15) is 49.0 Å². The Morgan fingerprint density at radius 1 is 0.897 bits per heavy atom. The van der Waals surface area contributed by atoms with E-state index in [2.05, 4.69) is 4.74 Å². The van der Waals surface area contributed by atoms with Crippen molar-refractivity contribution >= 4 is 5.69 Å². The summed E-state index contributed by atoms with van der Waals surface area (Å²) < 4.78 is 135. The average molecular weight is 571 g/mol. The first kappa shape index (κ1) is 29.9. The number of aliphatic hydroxyl groups is 1. The van der Waals surface area contributed by atoms with Crippen molar-refractivity contribution in [1.29, 1.82) is 0 Å². The molecule has 212 valence electrons. The maximum Gasteiger partial charge on any atom is 0.461 e. The lowest BCUT2D eigenvalue weighted by atomic mass is 10.0. The second-order valence-electron chi connectivity index (χ2n) is 8.04. The predicted molar refractivity (Wildman–Crippen MR) is 120 cm³/mol. The van der Waals surface area contributed by atoms with Gasteiger partial charge in [0.05, 0.1) is 18.8 Å². The Hall–Kier alpha value is -3.68. The Labute approximate surface area is 215 Å². The van der Waals surface area contributed by atoms with Gasteiger partial charge < -0.3 is 19.5 Å². The normalized spacial score (nSPS) is 14.2. The Morgan fingerprint density at radius 2 is 1.51 bits per heavy atom. The summed E-state index contributed by atoms with van der Waals surface area (Å²) in [7, 11) is 0. The number of nitrogens with zero attached hydrogens (tertiary/aromatic N) is 1. The van der Waals surface area contributed by atoms with E-state index in [1.54, 1.807) is 6.07 Å². The van der Waals surface area contributed by atoms with Gasteiger partial charge in [-0.2, -0.15) is 30.7 Å². The monoisotopic (exact) mass is 571 g/mol. The van der Waals surface area contributed by atoms with Gasteiger partial charge in [-0.3, -0.25) is 0 Å².